The summed E-state index contributed by atoms with van der Waals surface area (Å²) in [6, 6.07) is 21.6. The van der Waals surface area contributed by atoms with Gasteiger partial charge in [-0.1, -0.05) is 65.2 Å². The van der Waals surface area contributed by atoms with Gasteiger partial charge < -0.3 is 14.6 Å². The summed E-state index contributed by atoms with van der Waals surface area (Å²) < 4.78 is 12.3. The lowest BCUT2D eigenvalue weighted by atomic mass is 9.80. The minimum absolute atomic E-state index is 0.0367. The van der Waals surface area contributed by atoms with Crippen LogP contribution in [-0.4, -0.2) is 53.8 Å². The Kier molecular flexibility index (Phi) is 10.5. The maximum Gasteiger partial charge on any atom is 0.266 e. The molecule has 5 rings (SSSR count). The van der Waals surface area contributed by atoms with Gasteiger partial charge in [-0.05, 0) is 59.3 Å². The Labute approximate surface area is 260 Å². The normalized spacial score (nSPS) is 19.4. The van der Waals surface area contributed by atoms with Crippen LogP contribution in [0.5, 0.6) is 5.75 Å². The van der Waals surface area contributed by atoms with Crippen LogP contribution in [-0.2, 0) is 22.5 Å². The number of nitrogens with zero attached hydrogens (tertiary/aromatic N) is 8. The van der Waals surface area contributed by atoms with E-state index < -0.39 is 11.6 Å². The predicted octanol–water partition coefficient (Wildman–Crippen LogP) is 6.22. The fraction of sp³-hybridized carbons (Fsp3) is 0.375. The number of hydrogen-bond donors (Lipinski definition) is 2. The molecule has 0 aromatic heterocycles. The monoisotopic (exact) mass is 609 g/mol. The molecule has 45 heavy (non-hydrogen) atoms. The summed E-state index contributed by atoms with van der Waals surface area (Å²) in [6.07, 6.45) is 2.68. The quantitative estimate of drug-likeness (QED) is 0.101. The zero-order chi connectivity index (χ0) is 31.5. The summed E-state index contributed by atoms with van der Waals surface area (Å²) >= 11 is 0. The van der Waals surface area contributed by atoms with Gasteiger partial charge in [0.1, 0.15) is 5.75 Å². The first-order valence-electron chi connectivity index (χ1n) is 15.0. The molecule has 2 atom stereocenters. The fourth-order valence-corrected chi connectivity index (χ4v) is 5.64. The molecule has 13 nitrogen and oxygen atoms in total. The van der Waals surface area contributed by atoms with Gasteiger partial charge in [0, 0.05) is 59.2 Å². The highest BCUT2D eigenvalue weighted by Gasteiger charge is 2.54. The van der Waals surface area contributed by atoms with E-state index in [1.807, 2.05) is 29.3 Å². The Hall–Kier alpha value is -5.06. The second-order valence-electron chi connectivity index (χ2n) is 10.9. The van der Waals surface area contributed by atoms with Crippen LogP contribution in [0.2, 0.25) is 0 Å². The lowest BCUT2D eigenvalue weighted by molar-refractivity contribution is -0.134. The molecule has 0 saturated carbocycles. The molecule has 0 aliphatic carbocycles. The molecule has 2 heterocycles. The van der Waals surface area contributed by atoms with Crippen molar-refractivity contribution in [3.05, 3.63) is 116 Å². The molecule has 13 heteroatoms. The lowest BCUT2D eigenvalue weighted by Gasteiger charge is -2.35. The van der Waals surface area contributed by atoms with Crippen molar-refractivity contribution in [2.45, 2.75) is 50.3 Å². The topological polar surface area (TPSA) is 181 Å². The summed E-state index contributed by atoms with van der Waals surface area (Å²) in [6.45, 7) is 1.94. The van der Waals surface area contributed by atoms with E-state index in [0.717, 1.165) is 30.4 Å². The highest BCUT2D eigenvalue weighted by atomic mass is 16.5. The second-order valence-corrected chi connectivity index (χ2v) is 10.9. The van der Waals surface area contributed by atoms with Gasteiger partial charge in [-0.15, -0.1) is 0 Å². The molecular weight excluding hydrogens is 574 g/mol. The summed E-state index contributed by atoms with van der Waals surface area (Å²) in [5.74, 6) is 0.513. The van der Waals surface area contributed by atoms with Crippen molar-refractivity contribution in [1.82, 2.24) is 10.4 Å². The first kappa shape index (κ1) is 31.4. The summed E-state index contributed by atoms with van der Waals surface area (Å²) in [5, 5.41) is 18.7. The number of benzene rings is 3. The molecule has 3 aromatic carbocycles. The predicted molar refractivity (Wildman–Crippen MR) is 169 cm³/mol. The van der Waals surface area contributed by atoms with Crippen molar-refractivity contribution in [1.29, 1.82) is 0 Å². The lowest BCUT2D eigenvalue weighted by Crippen LogP contribution is -2.56. The molecule has 3 aromatic rings. The van der Waals surface area contributed by atoms with E-state index in [2.05, 4.69) is 25.5 Å². The molecule has 0 unspecified atom stereocenters. The van der Waals surface area contributed by atoms with Crippen molar-refractivity contribution in [2.75, 3.05) is 26.3 Å². The molecule has 1 fully saturated rings. The molecule has 232 valence electrons. The van der Waals surface area contributed by atoms with E-state index in [1.165, 1.54) is 0 Å². The van der Waals surface area contributed by atoms with Gasteiger partial charge in [0.25, 0.3) is 5.91 Å². The highest BCUT2D eigenvalue weighted by Crippen LogP contribution is 2.45. The molecule has 0 spiro atoms. The maximum atomic E-state index is 14.6. The van der Waals surface area contributed by atoms with E-state index in [4.69, 9.17) is 25.1 Å². The van der Waals surface area contributed by atoms with E-state index in [9.17, 15) is 10.3 Å². The molecule has 1 saturated heterocycles. The van der Waals surface area contributed by atoms with E-state index in [-0.39, 0.29) is 31.4 Å². The zero-order valence-electron chi connectivity index (χ0n) is 24.8. The second kappa shape index (κ2) is 15.1. The van der Waals surface area contributed by atoms with Gasteiger partial charge in [-0.2, -0.15) is 0 Å². The third-order valence-corrected chi connectivity index (χ3v) is 7.90. The number of hydrazine groups is 1. The van der Waals surface area contributed by atoms with Gasteiger partial charge in [-0.3, -0.25) is 10.2 Å². The zero-order valence-corrected chi connectivity index (χ0v) is 24.8. The number of carbonyl (C=O) groups excluding carboxylic acids is 1. The van der Waals surface area contributed by atoms with Crippen molar-refractivity contribution in [2.24, 2.45) is 15.2 Å². The van der Waals surface area contributed by atoms with Crippen LogP contribution in [0.4, 0.5) is 5.69 Å². The number of aliphatic imine (C=N–C) groups is 1. The number of aliphatic hydroxyl groups excluding tert-OH is 1. The van der Waals surface area contributed by atoms with Crippen LogP contribution >= 0.6 is 0 Å². The summed E-state index contributed by atoms with van der Waals surface area (Å²) in [7, 11) is 0. The fourth-order valence-electron chi connectivity index (χ4n) is 5.64. The molecule has 0 bridgehead atoms. The average molecular weight is 610 g/mol. The Balaban J connectivity index is 1.64. The molecule has 2 N–H and O–H groups in total. The molecule has 0 radical (unpaired) electrons. The van der Waals surface area contributed by atoms with Crippen LogP contribution in [0.15, 0.2) is 88.0 Å². The number of piperidine rings is 1. The SMILES string of the molecule is [N-]=[N+]=NCc1ccccc1C[C@]1(C(=O)NN2CCCCC2)N=C(c2ccc(OCCCO)cc2)O[C@H]1c1ccccc1N=[N+]=[N-]. The number of carbonyl (C=O) groups is 1. The highest BCUT2D eigenvalue weighted by molar-refractivity contribution is 6.01. The minimum Gasteiger partial charge on any atom is -0.494 e. The largest absolute Gasteiger partial charge is 0.494 e. The van der Waals surface area contributed by atoms with Crippen LogP contribution in [0.3, 0.4) is 0 Å². The molecular formula is C32H35N9O4. The van der Waals surface area contributed by atoms with Crippen molar-refractivity contribution in [3.8, 4) is 5.75 Å². The van der Waals surface area contributed by atoms with E-state index in [1.54, 1.807) is 48.5 Å². The average Bonchev–Trinajstić information content (AvgIpc) is 3.46. The third kappa shape index (κ3) is 7.36. The number of rotatable bonds is 13. The first-order chi connectivity index (χ1) is 22.1. The Bertz CT molecular complexity index is 1610. The Morgan fingerprint density at radius 2 is 1.76 bits per heavy atom. The minimum atomic E-state index is -1.53. The Morgan fingerprint density at radius 1 is 1.02 bits per heavy atom. The number of amides is 1. The first-order valence-corrected chi connectivity index (χ1v) is 15.0. The molecule has 2 aliphatic rings. The number of nitrogens with one attached hydrogen (secondary N) is 1. The van der Waals surface area contributed by atoms with Crippen LogP contribution in [0.25, 0.3) is 20.9 Å². The number of hydrogen-bond acceptors (Lipinski definition) is 8. The van der Waals surface area contributed by atoms with Gasteiger partial charge in [0.05, 0.1) is 13.2 Å². The standard InChI is InChI=1S/C32H35N9O4/c33-39-35-22-25-10-3-2-9-24(25)21-32(31(43)38-41-17-6-1-7-18-41)29(27-11-4-5-12-28(27)37-40-34)45-30(36-32)23-13-15-26(16-14-23)44-20-8-19-42/h2-5,9-16,29,42H,1,6-8,17-22H2,(H,38,43)/t29-,32-/m0/s1. The summed E-state index contributed by atoms with van der Waals surface area (Å²) in [5.41, 5.74) is 23.0. The van der Waals surface area contributed by atoms with Crippen LogP contribution < -0.4 is 10.2 Å². The van der Waals surface area contributed by atoms with Crippen LogP contribution in [0.1, 0.15) is 54.0 Å². The van der Waals surface area contributed by atoms with Gasteiger partial charge in [0.15, 0.2) is 11.6 Å². The number of aliphatic hydroxyl groups is 1. The van der Waals surface area contributed by atoms with E-state index in [0.29, 0.717) is 48.7 Å². The van der Waals surface area contributed by atoms with Crippen LogP contribution in [0, 0.1) is 0 Å². The van der Waals surface area contributed by atoms with Gasteiger partial charge in [-0.25, -0.2) is 10.0 Å². The van der Waals surface area contributed by atoms with Crippen molar-refractivity contribution < 1.29 is 19.4 Å². The van der Waals surface area contributed by atoms with Gasteiger partial charge in [0.2, 0.25) is 5.90 Å². The molecule has 2 aliphatic heterocycles. The van der Waals surface area contributed by atoms with Gasteiger partial charge >= 0.3 is 0 Å². The van der Waals surface area contributed by atoms with Crippen molar-refractivity contribution >= 4 is 17.5 Å². The number of ether oxygens (including phenoxy) is 2. The number of azide groups is 2. The van der Waals surface area contributed by atoms with Crippen molar-refractivity contribution in [3.63, 3.8) is 0 Å². The van der Waals surface area contributed by atoms with E-state index >= 15 is 0 Å². The third-order valence-electron chi connectivity index (χ3n) is 7.90. The Morgan fingerprint density at radius 3 is 2.49 bits per heavy atom. The smallest absolute Gasteiger partial charge is 0.266 e. The summed E-state index contributed by atoms with van der Waals surface area (Å²) in [4.78, 5) is 25.7. The molecule has 1 amide bonds. The maximum absolute atomic E-state index is 14.6.